The summed E-state index contributed by atoms with van der Waals surface area (Å²) in [4.78, 5) is 0. The molecule has 1 aliphatic rings. The van der Waals surface area contributed by atoms with Crippen molar-refractivity contribution in [3.05, 3.63) is 71.3 Å². The van der Waals surface area contributed by atoms with Gasteiger partial charge in [0.05, 0.1) is 0 Å². The van der Waals surface area contributed by atoms with Gasteiger partial charge < -0.3 is 0 Å². The van der Waals surface area contributed by atoms with Crippen molar-refractivity contribution in [2.45, 2.75) is 24.7 Å². The molecule has 0 nitrogen and oxygen atoms in total. The van der Waals surface area contributed by atoms with Crippen LogP contribution in [0, 0.1) is 0 Å². The number of alkyl halides is 1. The lowest BCUT2D eigenvalue weighted by molar-refractivity contribution is 0.625. The number of rotatable bonds is 3. The third kappa shape index (κ3) is 2.12. The molecule has 2 aromatic rings. The van der Waals surface area contributed by atoms with E-state index >= 15 is 0 Å². The van der Waals surface area contributed by atoms with Gasteiger partial charge in [0.2, 0.25) is 0 Å². The van der Waals surface area contributed by atoms with Gasteiger partial charge in [0.15, 0.2) is 0 Å². The molecular weight excluding hydrogens is 284 g/mol. The van der Waals surface area contributed by atoms with E-state index in [4.69, 9.17) is 0 Å². The van der Waals surface area contributed by atoms with E-state index in [1.54, 1.807) is 5.56 Å². The van der Waals surface area contributed by atoms with E-state index in [9.17, 15) is 0 Å². The predicted octanol–water partition coefficient (Wildman–Crippen LogP) is 5.09. The Hall–Kier alpha value is -1.08. The van der Waals surface area contributed by atoms with Crippen molar-refractivity contribution < 1.29 is 0 Å². The van der Waals surface area contributed by atoms with E-state index < -0.39 is 0 Å². The van der Waals surface area contributed by atoms with Crippen LogP contribution < -0.4 is 0 Å². The number of halogens is 1. The molecule has 0 fully saturated rings. The molecule has 0 heterocycles. The fourth-order valence-corrected chi connectivity index (χ4v) is 3.70. The second kappa shape index (κ2) is 5.27. The van der Waals surface area contributed by atoms with Crippen LogP contribution in [0.3, 0.4) is 0 Å². The molecule has 1 heteroatoms. The second-order valence-corrected chi connectivity index (χ2v) is 5.80. The summed E-state index contributed by atoms with van der Waals surface area (Å²) in [5, 5.41) is 1.09. The minimum Gasteiger partial charge on any atom is -0.0928 e. The van der Waals surface area contributed by atoms with Crippen molar-refractivity contribution in [2.75, 3.05) is 5.33 Å². The van der Waals surface area contributed by atoms with Crippen molar-refractivity contribution in [2.24, 2.45) is 0 Å². The summed E-state index contributed by atoms with van der Waals surface area (Å²) in [5.74, 6) is 1.30. The van der Waals surface area contributed by atoms with Crippen molar-refractivity contribution >= 4 is 15.9 Å². The summed E-state index contributed by atoms with van der Waals surface area (Å²) in [5.41, 5.74) is 4.56. The molecule has 3 rings (SSSR count). The lowest BCUT2D eigenvalue weighted by Crippen LogP contribution is -1.96. The van der Waals surface area contributed by atoms with Crippen LogP contribution in [0.4, 0.5) is 0 Å². The lowest BCUT2D eigenvalue weighted by Gasteiger charge is -2.12. The quantitative estimate of drug-likeness (QED) is 0.693. The predicted molar refractivity (Wildman–Crippen MR) is 80.5 cm³/mol. The Morgan fingerprint density at radius 2 is 1.56 bits per heavy atom. The third-order valence-corrected chi connectivity index (χ3v) is 4.45. The average molecular weight is 301 g/mol. The normalized spacial score (nSPS) is 21.8. The fraction of sp³-hybridized carbons (Fsp3) is 0.294. The molecule has 0 N–H and O–H groups in total. The minimum absolute atomic E-state index is 0.589. The van der Waals surface area contributed by atoms with Gasteiger partial charge in [-0.25, -0.2) is 0 Å². The Morgan fingerprint density at radius 3 is 2.28 bits per heavy atom. The highest BCUT2D eigenvalue weighted by Gasteiger charge is 2.30. The van der Waals surface area contributed by atoms with E-state index in [0.717, 1.165) is 5.33 Å². The second-order valence-electron chi connectivity index (χ2n) is 5.00. The van der Waals surface area contributed by atoms with E-state index in [1.165, 1.54) is 24.0 Å². The zero-order chi connectivity index (χ0) is 12.4. The molecule has 0 unspecified atom stereocenters. The Bertz CT molecular complexity index is 518. The molecule has 0 amide bonds. The first-order valence-corrected chi connectivity index (χ1v) is 7.72. The largest absolute Gasteiger partial charge is 0.0928 e. The molecular formula is C17H17Br. The van der Waals surface area contributed by atoms with Gasteiger partial charge in [-0.15, -0.1) is 0 Å². The van der Waals surface area contributed by atoms with Gasteiger partial charge in [-0.3, -0.25) is 0 Å². The molecule has 2 aromatic carbocycles. The first-order valence-electron chi connectivity index (χ1n) is 6.60. The van der Waals surface area contributed by atoms with Gasteiger partial charge in [0.1, 0.15) is 0 Å². The summed E-state index contributed by atoms with van der Waals surface area (Å²) in [7, 11) is 0. The van der Waals surface area contributed by atoms with Gasteiger partial charge in [0, 0.05) is 11.2 Å². The number of fused-ring (bicyclic) bond motifs is 1. The summed E-state index contributed by atoms with van der Waals surface area (Å²) < 4.78 is 0. The maximum atomic E-state index is 3.59. The topological polar surface area (TPSA) is 0 Å². The van der Waals surface area contributed by atoms with Crippen LogP contribution in [0.5, 0.6) is 0 Å². The summed E-state index contributed by atoms with van der Waals surface area (Å²) in [6.45, 7) is 0. The number of hydrogen-bond donors (Lipinski definition) is 0. The van der Waals surface area contributed by atoms with Gasteiger partial charge in [0.25, 0.3) is 0 Å². The first-order chi connectivity index (χ1) is 8.90. The summed E-state index contributed by atoms with van der Waals surface area (Å²) in [6, 6.07) is 19.9. The average Bonchev–Trinajstić information content (AvgIpc) is 2.80. The molecule has 0 saturated carbocycles. The highest BCUT2D eigenvalue weighted by Crippen LogP contribution is 2.46. The van der Waals surface area contributed by atoms with Crippen molar-refractivity contribution in [1.29, 1.82) is 0 Å². The van der Waals surface area contributed by atoms with Crippen LogP contribution in [0.15, 0.2) is 54.6 Å². The maximum Gasteiger partial charge on any atom is 0.00979 e. The summed E-state index contributed by atoms with van der Waals surface area (Å²) >= 11 is 3.59. The lowest BCUT2D eigenvalue weighted by atomic mass is 9.92. The highest BCUT2D eigenvalue weighted by molar-refractivity contribution is 9.09. The first kappa shape index (κ1) is 12.0. The maximum absolute atomic E-state index is 3.59. The zero-order valence-corrected chi connectivity index (χ0v) is 11.9. The standard InChI is InChI=1S/C17H17Br/c18-11-10-14-12-17(13-6-2-1-3-7-13)16-9-5-4-8-15(14)16/h1-9,14,17H,10-12H2/t14-,17-/m0/s1. The Labute approximate surface area is 117 Å². The molecule has 0 bridgehead atoms. The van der Waals surface area contributed by atoms with E-state index in [2.05, 4.69) is 70.5 Å². The van der Waals surface area contributed by atoms with Crippen molar-refractivity contribution in [3.8, 4) is 0 Å². The van der Waals surface area contributed by atoms with Crippen LogP contribution in [0.1, 0.15) is 41.4 Å². The SMILES string of the molecule is BrCC[C@H]1C[C@@H](c2ccccc2)c2ccccc21. The van der Waals surface area contributed by atoms with E-state index in [1.807, 2.05) is 0 Å². The van der Waals surface area contributed by atoms with E-state index in [-0.39, 0.29) is 0 Å². The minimum atomic E-state index is 0.589. The van der Waals surface area contributed by atoms with Crippen LogP contribution >= 0.6 is 15.9 Å². The molecule has 0 aromatic heterocycles. The van der Waals surface area contributed by atoms with Crippen LogP contribution in [0.2, 0.25) is 0 Å². The van der Waals surface area contributed by atoms with Gasteiger partial charge in [-0.05, 0) is 35.4 Å². The van der Waals surface area contributed by atoms with Crippen LogP contribution in [0.25, 0.3) is 0 Å². The van der Waals surface area contributed by atoms with Gasteiger partial charge in [-0.2, -0.15) is 0 Å². The van der Waals surface area contributed by atoms with Crippen molar-refractivity contribution in [3.63, 3.8) is 0 Å². The van der Waals surface area contributed by atoms with Crippen LogP contribution in [-0.2, 0) is 0 Å². The Kier molecular flexibility index (Phi) is 3.51. The summed E-state index contributed by atoms with van der Waals surface area (Å²) in [6.07, 6.45) is 2.50. The molecule has 0 spiro atoms. The van der Waals surface area contributed by atoms with Crippen molar-refractivity contribution in [1.82, 2.24) is 0 Å². The third-order valence-electron chi connectivity index (χ3n) is 3.99. The molecule has 0 radical (unpaired) electrons. The molecule has 18 heavy (non-hydrogen) atoms. The van der Waals surface area contributed by atoms with E-state index in [0.29, 0.717) is 11.8 Å². The van der Waals surface area contributed by atoms with Gasteiger partial charge in [-0.1, -0.05) is 70.5 Å². The molecule has 2 atom stereocenters. The molecule has 92 valence electrons. The monoisotopic (exact) mass is 300 g/mol. The Morgan fingerprint density at radius 1 is 0.889 bits per heavy atom. The van der Waals surface area contributed by atoms with Gasteiger partial charge >= 0.3 is 0 Å². The molecule has 0 aliphatic heterocycles. The number of benzene rings is 2. The number of hydrogen-bond acceptors (Lipinski definition) is 0. The van der Waals surface area contributed by atoms with Crippen LogP contribution in [-0.4, -0.2) is 5.33 Å². The zero-order valence-electron chi connectivity index (χ0n) is 10.4. The fourth-order valence-electron chi connectivity index (χ4n) is 3.14. The highest BCUT2D eigenvalue weighted by atomic mass is 79.9. The smallest absolute Gasteiger partial charge is 0.00979 e. The Balaban J connectivity index is 1.99. The molecule has 0 saturated heterocycles. The molecule has 1 aliphatic carbocycles.